The number of sulfone groups is 2. The average molecular weight is 442 g/mol. The number of aromatic nitrogens is 1. The van der Waals surface area contributed by atoms with Crippen molar-refractivity contribution in [1.29, 1.82) is 0 Å². The summed E-state index contributed by atoms with van der Waals surface area (Å²) in [5.41, 5.74) is -13.0. The molecule has 144 valence electrons. The Hall–Kier alpha value is -1.73. The molecular weight excluding hydrogens is 436 g/mol. The highest BCUT2D eigenvalue weighted by molar-refractivity contribution is 7.93. The number of rotatable bonds is 3. The standard InChI is InChI=1S/C12H6ClF6NO4S2/c13-7-3-1-6(2-4-7)10-8(25(21,22)11(14,15)16)5-9(20-10)26(23,24)12(17,18)19/h1-5,20H. The van der Waals surface area contributed by atoms with Crippen LogP contribution in [-0.2, 0) is 19.7 Å². The Balaban J connectivity index is 2.85. The summed E-state index contributed by atoms with van der Waals surface area (Å²) < 4.78 is 123. The van der Waals surface area contributed by atoms with Crippen LogP contribution in [0.5, 0.6) is 0 Å². The van der Waals surface area contributed by atoms with Gasteiger partial charge in [-0.25, -0.2) is 16.8 Å². The largest absolute Gasteiger partial charge is 0.503 e. The summed E-state index contributed by atoms with van der Waals surface area (Å²) in [6.45, 7) is 0. The number of hydrogen-bond donors (Lipinski definition) is 1. The second kappa shape index (κ2) is 6.16. The first-order valence-electron chi connectivity index (χ1n) is 6.20. The predicted molar refractivity (Wildman–Crippen MR) is 77.7 cm³/mol. The number of H-pyrrole nitrogens is 1. The number of alkyl halides is 6. The molecule has 0 saturated carbocycles. The molecule has 0 aliphatic heterocycles. The smallest absolute Gasteiger partial charge is 0.344 e. The van der Waals surface area contributed by atoms with Crippen LogP contribution in [-0.4, -0.2) is 32.8 Å². The number of aromatic amines is 1. The van der Waals surface area contributed by atoms with E-state index in [9.17, 15) is 43.2 Å². The van der Waals surface area contributed by atoms with Gasteiger partial charge in [0.05, 0.1) is 5.69 Å². The van der Waals surface area contributed by atoms with E-state index < -0.39 is 46.3 Å². The van der Waals surface area contributed by atoms with Gasteiger partial charge in [-0.1, -0.05) is 23.7 Å². The molecular formula is C12H6ClF6NO4S2. The van der Waals surface area contributed by atoms with E-state index in [1.54, 1.807) is 4.98 Å². The summed E-state index contributed by atoms with van der Waals surface area (Å²) >= 11 is 5.59. The van der Waals surface area contributed by atoms with Crippen LogP contribution in [0, 0.1) is 0 Å². The predicted octanol–water partition coefficient (Wildman–Crippen LogP) is 3.92. The van der Waals surface area contributed by atoms with Gasteiger partial charge in [-0.2, -0.15) is 26.3 Å². The second-order valence-corrected chi connectivity index (χ2v) is 9.03. The van der Waals surface area contributed by atoms with Crippen LogP contribution < -0.4 is 0 Å². The van der Waals surface area contributed by atoms with Crippen molar-refractivity contribution in [3.8, 4) is 11.3 Å². The van der Waals surface area contributed by atoms with Crippen LogP contribution >= 0.6 is 11.6 Å². The Bertz CT molecular complexity index is 1040. The van der Waals surface area contributed by atoms with Gasteiger partial charge in [-0.05, 0) is 23.8 Å². The van der Waals surface area contributed by atoms with Gasteiger partial charge in [0.25, 0.3) is 19.7 Å². The van der Waals surface area contributed by atoms with Gasteiger partial charge in [-0.3, -0.25) is 0 Å². The topological polar surface area (TPSA) is 84.1 Å². The van der Waals surface area contributed by atoms with E-state index in [1.165, 1.54) is 0 Å². The van der Waals surface area contributed by atoms with E-state index in [2.05, 4.69) is 0 Å². The second-order valence-electron chi connectivity index (χ2n) is 4.78. The summed E-state index contributed by atoms with van der Waals surface area (Å²) in [7, 11) is -12.3. The highest BCUT2D eigenvalue weighted by atomic mass is 35.5. The van der Waals surface area contributed by atoms with Gasteiger partial charge in [0.1, 0.15) is 9.92 Å². The number of hydrogen-bond acceptors (Lipinski definition) is 4. The summed E-state index contributed by atoms with van der Waals surface area (Å²) in [6.07, 6.45) is 0. The zero-order valence-corrected chi connectivity index (χ0v) is 14.4. The summed E-state index contributed by atoms with van der Waals surface area (Å²) in [6, 6.07) is 4.05. The minimum Gasteiger partial charge on any atom is -0.344 e. The molecule has 0 radical (unpaired) electrons. The molecule has 0 aliphatic rings. The minimum absolute atomic E-state index is 0.101. The van der Waals surface area contributed by atoms with Crippen LogP contribution in [0.1, 0.15) is 0 Å². The molecule has 0 spiro atoms. The maximum absolute atomic E-state index is 12.8. The first kappa shape index (κ1) is 20.6. The van der Waals surface area contributed by atoms with E-state index in [0.29, 0.717) is 0 Å². The van der Waals surface area contributed by atoms with Crippen LogP contribution in [0.2, 0.25) is 5.02 Å². The molecule has 2 rings (SSSR count). The third kappa shape index (κ3) is 3.42. The quantitative estimate of drug-likeness (QED) is 0.732. The van der Waals surface area contributed by atoms with Gasteiger partial charge in [0, 0.05) is 5.02 Å². The van der Waals surface area contributed by atoms with Gasteiger partial charge < -0.3 is 4.98 Å². The SMILES string of the molecule is O=S(=O)(c1cc(S(=O)(=O)C(F)(F)F)c(-c2ccc(Cl)cc2)[nH]1)C(F)(F)F. The number of nitrogens with one attached hydrogen (secondary N) is 1. The van der Waals surface area contributed by atoms with E-state index in [0.717, 1.165) is 24.3 Å². The van der Waals surface area contributed by atoms with Gasteiger partial charge in [0.15, 0.2) is 0 Å². The zero-order valence-electron chi connectivity index (χ0n) is 12.0. The first-order chi connectivity index (χ1) is 11.6. The molecule has 0 bridgehead atoms. The molecule has 2 aromatic rings. The lowest BCUT2D eigenvalue weighted by Crippen LogP contribution is -2.24. The van der Waals surface area contributed by atoms with Crippen LogP contribution in [0.25, 0.3) is 11.3 Å². The molecule has 0 fully saturated rings. The molecule has 1 heterocycles. The minimum atomic E-state index is -6.15. The Labute approximate surface area is 147 Å². The van der Waals surface area contributed by atoms with Crippen molar-refractivity contribution < 1.29 is 43.2 Å². The van der Waals surface area contributed by atoms with Gasteiger partial charge >= 0.3 is 11.0 Å². The summed E-state index contributed by atoms with van der Waals surface area (Å²) in [5, 5.41) is -1.64. The average Bonchev–Trinajstić information content (AvgIpc) is 2.92. The monoisotopic (exact) mass is 441 g/mol. The maximum atomic E-state index is 12.8. The molecule has 1 aromatic heterocycles. The van der Waals surface area contributed by atoms with E-state index >= 15 is 0 Å². The van der Waals surface area contributed by atoms with Gasteiger partial charge in [0.2, 0.25) is 0 Å². The molecule has 26 heavy (non-hydrogen) atoms. The summed E-state index contributed by atoms with van der Waals surface area (Å²) in [5.74, 6) is 0. The van der Waals surface area contributed by atoms with Crippen molar-refractivity contribution in [1.82, 2.24) is 4.98 Å². The molecule has 0 amide bonds. The fourth-order valence-electron chi connectivity index (χ4n) is 1.85. The van der Waals surface area contributed by atoms with Crippen molar-refractivity contribution in [2.24, 2.45) is 0 Å². The first-order valence-corrected chi connectivity index (χ1v) is 9.55. The zero-order chi connectivity index (χ0) is 20.1. The van der Waals surface area contributed by atoms with Gasteiger partial charge in [-0.15, -0.1) is 0 Å². The lowest BCUT2D eigenvalue weighted by atomic mass is 10.2. The Morgan fingerprint density at radius 1 is 0.808 bits per heavy atom. The van der Waals surface area contributed by atoms with E-state index in [1.807, 2.05) is 0 Å². The fourth-order valence-corrected chi connectivity index (χ4v) is 3.77. The molecule has 0 aliphatic carbocycles. The Morgan fingerprint density at radius 3 is 1.69 bits per heavy atom. The number of benzene rings is 1. The summed E-state index contributed by atoms with van der Waals surface area (Å²) in [4.78, 5) is -0.0449. The maximum Gasteiger partial charge on any atom is 0.503 e. The molecule has 1 aromatic carbocycles. The Morgan fingerprint density at radius 2 is 1.27 bits per heavy atom. The van der Waals surface area contributed by atoms with Crippen LogP contribution in [0.3, 0.4) is 0 Å². The fraction of sp³-hybridized carbons (Fsp3) is 0.167. The van der Waals surface area contributed by atoms with Crippen LogP contribution in [0.4, 0.5) is 26.3 Å². The van der Waals surface area contributed by atoms with Crippen molar-refractivity contribution in [3.05, 3.63) is 35.4 Å². The molecule has 0 atom stereocenters. The lowest BCUT2D eigenvalue weighted by molar-refractivity contribution is -0.0440. The third-order valence-corrected chi connectivity index (χ3v) is 6.25. The third-order valence-electron chi connectivity index (χ3n) is 3.08. The van der Waals surface area contributed by atoms with Crippen LogP contribution in [0.15, 0.2) is 40.3 Å². The highest BCUT2D eigenvalue weighted by Gasteiger charge is 2.52. The number of halogens is 7. The lowest BCUT2D eigenvalue weighted by Gasteiger charge is -2.09. The molecule has 0 unspecified atom stereocenters. The van der Waals surface area contributed by atoms with Crippen molar-refractivity contribution >= 4 is 31.3 Å². The Kier molecular flexibility index (Phi) is 4.88. The molecule has 5 nitrogen and oxygen atoms in total. The molecule has 1 N–H and O–H groups in total. The van der Waals surface area contributed by atoms with Crippen molar-refractivity contribution in [2.75, 3.05) is 0 Å². The normalized spacial score (nSPS) is 13.8. The van der Waals surface area contributed by atoms with E-state index in [4.69, 9.17) is 11.6 Å². The van der Waals surface area contributed by atoms with Crippen molar-refractivity contribution in [2.45, 2.75) is 20.9 Å². The molecule has 14 heteroatoms. The highest BCUT2D eigenvalue weighted by Crippen LogP contribution is 2.40. The van der Waals surface area contributed by atoms with Crippen molar-refractivity contribution in [3.63, 3.8) is 0 Å². The molecule has 0 saturated heterocycles. The van der Waals surface area contributed by atoms with E-state index in [-0.39, 0.29) is 16.7 Å².